The van der Waals surface area contributed by atoms with Crippen molar-refractivity contribution in [3.05, 3.63) is 54.6 Å². The summed E-state index contributed by atoms with van der Waals surface area (Å²) in [7, 11) is -3.74. The number of carbonyl (C=O) groups excluding carboxylic acids is 1. The minimum absolute atomic E-state index is 0.114. The van der Waals surface area contributed by atoms with E-state index in [9.17, 15) is 13.2 Å². The lowest BCUT2D eigenvalue weighted by Gasteiger charge is -2.08. The van der Waals surface area contributed by atoms with Crippen LogP contribution in [0.5, 0.6) is 0 Å². The predicted molar refractivity (Wildman–Crippen MR) is 92.9 cm³/mol. The molecule has 0 radical (unpaired) electrons. The minimum atomic E-state index is -3.74. The van der Waals surface area contributed by atoms with Gasteiger partial charge in [-0.3, -0.25) is 4.79 Å². The Bertz CT molecular complexity index is 755. The summed E-state index contributed by atoms with van der Waals surface area (Å²) >= 11 is 0. The fourth-order valence-corrected chi connectivity index (χ4v) is 3.04. The van der Waals surface area contributed by atoms with Gasteiger partial charge in [0.15, 0.2) is 0 Å². The first-order chi connectivity index (χ1) is 11.5. The molecule has 0 saturated heterocycles. The summed E-state index contributed by atoms with van der Waals surface area (Å²) < 4.78 is 31.6. The fourth-order valence-electron chi connectivity index (χ4n) is 2.08. The smallest absolute Gasteiger partial charge is 0.321 e. The van der Waals surface area contributed by atoms with Crippen molar-refractivity contribution in [1.29, 1.82) is 0 Å². The van der Waals surface area contributed by atoms with Crippen molar-refractivity contribution in [1.82, 2.24) is 4.72 Å². The van der Waals surface area contributed by atoms with Gasteiger partial charge in [-0.25, -0.2) is 8.42 Å². The van der Waals surface area contributed by atoms with E-state index in [4.69, 9.17) is 4.74 Å². The molecule has 2 aromatic carbocycles. The van der Waals surface area contributed by atoms with Gasteiger partial charge in [-0.05, 0) is 29.7 Å². The molecular formula is C18H21NO4S. The summed E-state index contributed by atoms with van der Waals surface area (Å²) in [6.45, 7) is 1.92. The highest BCUT2D eigenvalue weighted by molar-refractivity contribution is 7.89. The molecule has 0 saturated carbocycles. The molecule has 0 fully saturated rings. The number of esters is 1. The molecule has 0 aliphatic heterocycles. The molecule has 128 valence electrons. The van der Waals surface area contributed by atoms with Gasteiger partial charge in [0, 0.05) is 0 Å². The van der Waals surface area contributed by atoms with Gasteiger partial charge in [-0.2, -0.15) is 4.72 Å². The Balaban J connectivity index is 1.98. The molecule has 5 nitrogen and oxygen atoms in total. The zero-order valence-corrected chi connectivity index (χ0v) is 14.4. The van der Waals surface area contributed by atoms with Crippen LogP contribution in [0.2, 0.25) is 0 Å². The van der Waals surface area contributed by atoms with Crippen LogP contribution in [0, 0.1) is 0 Å². The topological polar surface area (TPSA) is 72.5 Å². The van der Waals surface area contributed by atoms with Crippen molar-refractivity contribution in [2.45, 2.75) is 24.7 Å². The lowest BCUT2D eigenvalue weighted by Crippen LogP contribution is -2.30. The summed E-state index contributed by atoms with van der Waals surface area (Å²) in [6, 6.07) is 16.2. The number of unbranched alkanes of at least 4 members (excludes halogenated alkanes) is 1. The summed E-state index contributed by atoms with van der Waals surface area (Å²) in [4.78, 5) is 11.6. The number of rotatable bonds is 8. The summed E-state index contributed by atoms with van der Waals surface area (Å²) in [5.41, 5.74) is 1.93. The average Bonchev–Trinajstić information content (AvgIpc) is 2.61. The third-order valence-electron chi connectivity index (χ3n) is 3.44. The van der Waals surface area contributed by atoms with Gasteiger partial charge in [-0.15, -0.1) is 0 Å². The number of benzene rings is 2. The van der Waals surface area contributed by atoms with Gasteiger partial charge in [-0.1, -0.05) is 55.8 Å². The number of hydrogen-bond donors (Lipinski definition) is 1. The van der Waals surface area contributed by atoms with Crippen LogP contribution >= 0.6 is 0 Å². The zero-order valence-electron chi connectivity index (χ0n) is 13.6. The molecule has 1 N–H and O–H groups in total. The van der Waals surface area contributed by atoms with Crippen molar-refractivity contribution >= 4 is 16.0 Å². The lowest BCUT2D eigenvalue weighted by molar-refractivity contribution is -0.142. The first-order valence-corrected chi connectivity index (χ1v) is 9.32. The highest BCUT2D eigenvalue weighted by atomic mass is 32.2. The van der Waals surface area contributed by atoms with Crippen molar-refractivity contribution < 1.29 is 17.9 Å². The number of sulfonamides is 1. The Kier molecular flexibility index (Phi) is 6.52. The Morgan fingerprint density at radius 1 is 1.00 bits per heavy atom. The third-order valence-corrected chi connectivity index (χ3v) is 4.86. The standard InChI is InChI=1S/C18H21NO4S/c1-2-3-13-23-18(20)14-19-24(21,22)17-11-9-16(10-12-17)15-7-5-4-6-8-15/h4-12,19H,2-3,13-14H2,1H3. The molecule has 0 bridgehead atoms. The Hall–Kier alpha value is -2.18. The Labute approximate surface area is 142 Å². The summed E-state index contributed by atoms with van der Waals surface area (Å²) in [5, 5.41) is 0. The maximum atomic E-state index is 12.2. The Morgan fingerprint density at radius 2 is 1.62 bits per heavy atom. The van der Waals surface area contributed by atoms with Gasteiger partial charge < -0.3 is 4.74 Å². The number of hydrogen-bond acceptors (Lipinski definition) is 4. The molecule has 0 aromatic heterocycles. The van der Waals surface area contributed by atoms with E-state index in [2.05, 4.69) is 4.72 Å². The number of carbonyl (C=O) groups is 1. The van der Waals surface area contributed by atoms with Gasteiger partial charge in [0.25, 0.3) is 0 Å². The molecule has 0 atom stereocenters. The van der Waals surface area contributed by atoms with Crippen molar-refractivity contribution in [3.8, 4) is 11.1 Å². The van der Waals surface area contributed by atoms with E-state index in [1.165, 1.54) is 12.1 Å². The van der Waals surface area contributed by atoms with Crippen LogP contribution in [-0.4, -0.2) is 27.5 Å². The van der Waals surface area contributed by atoms with Gasteiger partial charge in [0.05, 0.1) is 11.5 Å². The second-order valence-electron chi connectivity index (χ2n) is 5.29. The molecule has 2 aromatic rings. The fraction of sp³-hybridized carbons (Fsp3) is 0.278. The molecule has 0 spiro atoms. The summed E-state index contributed by atoms with van der Waals surface area (Å²) in [5.74, 6) is -0.576. The van der Waals surface area contributed by atoms with E-state index in [0.29, 0.717) is 6.61 Å². The molecule has 24 heavy (non-hydrogen) atoms. The van der Waals surface area contributed by atoms with Crippen molar-refractivity contribution in [2.24, 2.45) is 0 Å². The maximum Gasteiger partial charge on any atom is 0.321 e. The second-order valence-corrected chi connectivity index (χ2v) is 7.06. The highest BCUT2D eigenvalue weighted by Gasteiger charge is 2.16. The Morgan fingerprint density at radius 3 is 2.25 bits per heavy atom. The van der Waals surface area contributed by atoms with Gasteiger partial charge >= 0.3 is 5.97 Å². The average molecular weight is 347 g/mol. The van der Waals surface area contributed by atoms with Crippen molar-refractivity contribution in [3.63, 3.8) is 0 Å². The van der Waals surface area contributed by atoms with Crippen LogP contribution < -0.4 is 4.72 Å². The van der Waals surface area contributed by atoms with E-state index in [-0.39, 0.29) is 11.4 Å². The van der Waals surface area contributed by atoms with Gasteiger partial charge in [0.1, 0.15) is 6.54 Å². The molecule has 0 aliphatic carbocycles. The number of ether oxygens (including phenoxy) is 1. The van der Waals surface area contributed by atoms with E-state index in [1.54, 1.807) is 12.1 Å². The van der Waals surface area contributed by atoms with E-state index < -0.39 is 16.0 Å². The lowest BCUT2D eigenvalue weighted by atomic mass is 10.1. The van der Waals surface area contributed by atoms with Gasteiger partial charge in [0.2, 0.25) is 10.0 Å². The third kappa shape index (κ3) is 5.18. The zero-order chi connectivity index (χ0) is 17.4. The first-order valence-electron chi connectivity index (χ1n) is 7.83. The normalized spacial score (nSPS) is 11.2. The first kappa shape index (κ1) is 18.2. The molecule has 0 unspecified atom stereocenters. The summed E-state index contributed by atoms with van der Waals surface area (Å²) in [6.07, 6.45) is 1.67. The largest absolute Gasteiger partial charge is 0.465 e. The van der Waals surface area contributed by atoms with E-state index in [0.717, 1.165) is 24.0 Å². The molecule has 0 amide bonds. The highest BCUT2D eigenvalue weighted by Crippen LogP contribution is 2.20. The van der Waals surface area contributed by atoms with Crippen LogP contribution in [0.4, 0.5) is 0 Å². The second kappa shape index (κ2) is 8.61. The predicted octanol–water partition coefficient (Wildman–Crippen LogP) is 2.98. The molecule has 6 heteroatoms. The van der Waals surface area contributed by atoms with E-state index in [1.807, 2.05) is 37.3 Å². The molecule has 2 rings (SSSR count). The SMILES string of the molecule is CCCCOC(=O)CNS(=O)(=O)c1ccc(-c2ccccc2)cc1. The molecule has 0 heterocycles. The quantitative estimate of drug-likeness (QED) is 0.588. The molecule has 0 aliphatic rings. The van der Waals surface area contributed by atoms with E-state index >= 15 is 0 Å². The van der Waals surface area contributed by atoms with Crippen molar-refractivity contribution in [2.75, 3.05) is 13.2 Å². The van der Waals surface area contributed by atoms with Crippen LogP contribution in [0.1, 0.15) is 19.8 Å². The number of nitrogens with one attached hydrogen (secondary N) is 1. The van der Waals surface area contributed by atoms with Crippen LogP contribution in [-0.2, 0) is 19.6 Å². The van der Waals surface area contributed by atoms with Crippen LogP contribution in [0.15, 0.2) is 59.5 Å². The van der Waals surface area contributed by atoms with Crippen LogP contribution in [0.25, 0.3) is 11.1 Å². The monoisotopic (exact) mass is 347 g/mol. The maximum absolute atomic E-state index is 12.2. The minimum Gasteiger partial charge on any atom is -0.465 e. The van der Waals surface area contributed by atoms with Crippen LogP contribution in [0.3, 0.4) is 0 Å². The molecular weight excluding hydrogens is 326 g/mol.